The number of nitrogens with zero attached hydrogens (tertiary/aromatic N) is 2. The lowest BCUT2D eigenvalue weighted by atomic mass is 10.2. The summed E-state index contributed by atoms with van der Waals surface area (Å²) in [7, 11) is 0. The first kappa shape index (κ1) is 16.0. The summed E-state index contributed by atoms with van der Waals surface area (Å²) in [6.07, 6.45) is 1.74. The maximum Gasteiger partial charge on any atom is 0.242 e. The van der Waals surface area contributed by atoms with E-state index in [0.29, 0.717) is 49.4 Å². The first-order chi connectivity index (χ1) is 9.54. The van der Waals surface area contributed by atoms with E-state index < -0.39 is 0 Å². The molecular weight excluding hydrogens is 258 g/mol. The maximum atomic E-state index is 11.6. The third kappa shape index (κ3) is 5.29. The molecule has 7 heteroatoms. The van der Waals surface area contributed by atoms with Gasteiger partial charge in [0, 0.05) is 19.5 Å². The number of nitrogen functional groups attached to an aromatic ring is 1. The van der Waals surface area contributed by atoms with E-state index in [9.17, 15) is 4.79 Å². The van der Waals surface area contributed by atoms with Crippen molar-refractivity contribution < 1.29 is 9.53 Å². The van der Waals surface area contributed by atoms with Crippen LogP contribution >= 0.6 is 0 Å². The number of nitrogens with two attached hydrogens (primary N) is 1. The minimum atomic E-state index is 0.00357. The summed E-state index contributed by atoms with van der Waals surface area (Å²) in [6, 6.07) is 0. The molecule has 0 aliphatic rings. The number of hydrogen-bond acceptors (Lipinski definition) is 6. The Hall–Kier alpha value is -2.05. The molecule has 112 valence electrons. The van der Waals surface area contributed by atoms with Crippen LogP contribution in [0.25, 0.3) is 0 Å². The fraction of sp³-hybridized carbons (Fsp3) is 0.615. The third-order valence-corrected chi connectivity index (χ3v) is 2.48. The molecule has 1 rings (SSSR count). The Morgan fingerprint density at radius 3 is 2.85 bits per heavy atom. The van der Waals surface area contributed by atoms with E-state index in [0.717, 1.165) is 0 Å². The van der Waals surface area contributed by atoms with Crippen molar-refractivity contribution in [3.8, 4) is 5.88 Å². The Bertz CT molecular complexity index is 437. The standard InChI is InChI=1S/C13H23N5O2/c1-4-20-13-11(14)12(17-8-18-13)15-6-5-10(19)16-7-9(2)3/h8-9H,4-7,14H2,1-3H3,(H,16,19)(H,15,17,18). The fourth-order valence-corrected chi connectivity index (χ4v) is 1.47. The Kier molecular flexibility index (Phi) is 6.55. The number of anilines is 2. The van der Waals surface area contributed by atoms with Crippen LogP contribution in [0, 0.1) is 5.92 Å². The van der Waals surface area contributed by atoms with Gasteiger partial charge in [0.05, 0.1) is 6.61 Å². The van der Waals surface area contributed by atoms with Gasteiger partial charge >= 0.3 is 0 Å². The molecule has 0 unspecified atom stereocenters. The van der Waals surface area contributed by atoms with E-state index in [4.69, 9.17) is 10.5 Å². The van der Waals surface area contributed by atoms with Gasteiger partial charge in [0.2, 0.25) is 11.8 Å². The van der Waals surface area contributed by atoms with Gasteiger partial charge in [0.15, 0.2) is 5.82 Å². The van der Waals surface area contributed by atoms with Crippen LogP contribution in [-0.2, 0) is 4.79 Å². The topological polar surface area (TPSA) is 102 Å². The number of aromatic nitrogens is 2. The molecule has 0 radical (unpaired) electrons. The lowest BCUT2D eigenvalue weighted by Gasteiger charge is -2.11. The van der Waals surface area contributed by atoms with Crippen LogP contribution in [0.5, 0.6) is 5.88 Å². The highest BCUT2D eigenvalue weighted by Gasteiger charge is 2.09. The molecule has 1 aromatic rings. The van der Waals surface area contributed by atoms with Crippen LogP contribution in [0.1, 0.15) is 27.2 Å². The van der Waals surface area contributed by atoms with Gasteiger partial charge in [-0.25, -0.2) is 4.98 Å². The molecule has 0 saturated carbocycles. The maximum absolute atomic E-state index is 11.6. The molecule has 0 aliphatic heterocycles. The van der Waals surface area contributed by atoms with Crippen molar-refractivity contribution in [1.29, 1.82) is 0 Å². The number of carbonyl (C=O) groups is 1. The van der Waals surface area contributed by atoms with Gasteiger partial charge in [0.1, 0.15) is 12.0 Å². The first-order valence-corrected chi connectivity index (χ1v) is 6.78. The highest BCUT2D eigenvalue weighted by atomic mass is 16.5. The van der Waals surface area contributed by atoms with Crippen LogP contribution in [0.15, 0.2) is 6.33 Å². The predicted molar refractivity (Wildman–Crippen MR) is 78.6 cm³/mol. The zero-order chi connectivity index (χ0) is 15.0. The summed E-state index contributed by atoms with van der Waals surface area (Å²) in [5, 5.41) is 5.86. The van der Waals surface area contributed by atoms with Gasteiger partial charge < -0.3 is 21.1 Å². The largest absolute Gasteiger partial charge is 0.476 e. The fourth-order valence-electron chi connectivity index (χ4n) is 1.47. The Morgan fingerprint density at radius 1 is 1.45 bits per heavy atom. The zero-order valence-corrected chi connectivity index (χ0v) is 12.3. The molecule has 7 nitrogen and oxygen atoms in total. The predicted octanol–water partition coefficient (Wildman–Crippen LogP) is 1.03. The SMILES string of the molecule is CCOc1ncnc(NCCC(=O)NCC(C)C)c1N. The van der Waals surface area contributed by atoms with Gasteiger partial charge in [-0.3, -0.25) is 4.79 Å². The molecule has 1 aromatic heterocycles. The molecule has 1 amide bonds. The number of amides is 1. The van der Waals surface area contributed by atoms with Crippen LogP contribution in [0.4, 0.5) is 11.5 Å². The molecule has 4 N–H and O–H groups in total. The monoisotopic (exact) mass is 281 g/mol. The van der Waals surface area contributed by atoms with Crippen LogP contribution in [0.3, 0.4) is 0 Å². The van der Waals surface area contributed by atoms with E-state index in [1.165, 1.54) is 6.33 Å². The smallest absolute Gasteiger partial charge is 0.242 e. The van der Waals surface area contributed by atoms with Crippen molar-refractivity contribution in [2.75, 3.05) is 30.7 Å². The second-order valence-electron chi connectivity index (χ2n) is 4.75. The van der Waals surface area contributed by atoms with Crippen molar-refractivity contribution >= 4 is 17.4 Å². The Labute approximate surface area is 119 Å². The summed E-state index contributed by atoms with van der Waals surface area (Å²) in [6.45, 7) is 7.58. The molecule has 0 bridgehead atoms. The molecule has 0 atom stereocenters. The Balaban J connectivity index is 2.42. The zero-order valence-electron chi connectivity index (χ0n) is 12.3. The highest BCUT2D eigenvalue weighted by Crippen LogP contribution is 2.24. The molecule has 20 heavy (non-hydrogen) atoms. The normalized spacial score (nSPS) is 10.4. The van der Waals surface area contributed by atoms with Crippen LogP contribution in [-0.4, -0.2) is 35.6 Å². The van der Waals surface area contributed by atoms with Crippen LogP contribution in [0.2, 0.25) is 0 Å². The summed E-state index contributed by atoms with van der Waals surface area (Å²) in [5.74, 6) is 1.29. The molecule has 0 spiro atoms. The van der Waals surface area contributed by atoms with Gasteiger partial charge in [0.25, 0.3) is 0 Å². The third-order valence-electron chi connectivity index (χ3n) is 2.48. The van der Waals surface area contributed by atoms with E-state index in [1.807, 2.05) is 6.92 Å². The van der Waals surface area contributed by atoms with E-state index in [-0.39, 0.29) is 5.91 Å². The molecule has 1 heterocycles. The lowest BCUT2D eigenvalue weighted by molar-refractivity contribution is -0.120. The minimum absolute atomic E-state index is 0.00357. The van der Waals surface area contributed by atoms with Crippen molar-refractivity contribution in [3.63, 3.8) is 0 Å². The molecular formula is C13H23N5O2. The number of carbonyl (C=O) groups excluding carboxylic acids is 1. The molecule has 0 fully saturated rings. The number of ether oxygens (including phenoxy) is 1. The van der Waals surface area contributed by atoms with Gasteiger partial charge in [-0.15, -0.1) is 0 Å². The molecule has 0 saturated heterocycles. The summed E-state index contributed by atoms with van der Waals surface area (Å²) >= 11 is 0. The van der Waals surface area contributed by atoms with Gasteiger partial charge in [-0.05, 0) is 12.8 Å². The summed E-state index contributed by atoms with van der Waals surface area (Å²) < 4.78 is 5.27. The highest BCUT2D eigenvalue weighted by molar-refractivity contribution is 5.76. The minimum Gasteiger partial charge on any atom is -0.476 e. The second-order valence-corrected chi connectivity index (χ2v) is 4.75. The Morgan fingerprint density at radius 2 is 2.20 bits per heavy atom. The average molecular weight is 281 g/mol. The molecule has 0 aromatic carbocycles. The lowest BCUT2D eigenvalue weighted by Crippen LogP contribution is -2.28. The summed E-state index contributed by atoms with van der Waals surface area (Å²) in [5.41, 5.74) is 6.23. The van der Waals surface area contributed by atoms with Crippen LogP contribution < -0.4 is 21.1 Å². The summed E-state index contributed by atoms with van der Waals surface area (Å²) in [4.78, 5) is 19.5. The van der Waals surface area contributed by atoms with Gasteiger partial charge in [-0.1, -0.05) is 13.8 Å². The van der Waals surface area contributed by atoms with Gasteiger partial charge in [-0.2, -0.15) is 4.98 Å². The quantitative estimate of drug-likeness (QED) is 0.658. The van der Waals surface area contributed by atoms with Crippen molar-refractivity contribution in [1.82, 2.24) is 15.3 Å². The second kappa shape index (κ2) is 8.19. The molecule has 0 aliphatic carbocycles. The van der Waals surface area contributed by atoms with Crippen molar-refractivity contribution in [3.05, 3.63) is 6.33 Å². The number of nitrogens with one attached hydrogen (secondary N) is 2. The number of hydrogen-bond donors (Lipinski definition) is 3. The van der Waals surface area contributed by atoms with E-state index in [1.54, 1.807) is 0 Å². The number of rotatable bonds is 8. The van der Waals surface area contributed by atoms with E-state index >= 15 is 0 Å². The van der Waals surface area contributed by atoms with E-state index in [2.05, 4.69) is 34.4 Å². The van der Waals surface area contributed by atoms with Crippen molar-refractivity contribution in [2.45, 2.75) is 27.2 Å². The average Bonchev–Trinajstić information content (AvgIpc) is 2.41. The van der Waals surface area contributed by atoms with Crippen molar-refractivity contribution in [2.24, 2.45) is 5.92 Å². The first-order valence-electron chi connectivity index (χ1n) is 6.78.